The van der Waals surface area contributed by atoms with Crippen molar-refractivity contribution in [3.8, 4) is 0 Å². The summed E-state index contributed by atoms with van der Waals surface area (Å²) in [6.07, 6.45) is 1.49. The van der Waals surface area contributed by atoms with E-state index in [1.165, 1.54) is 6.26 Å². The lowest BCUT2D eigenvalue weighted by atomic mass is 9.94. The van der Waals surface area contributed by atoms with Crippen LogP contribution in [0, 0.1) is 13.8 Å². The number of rotatable bonds is 5. The number of carbonyl (C=O) groups excluding carboxylic acids is 1. The molecule has 0 saturated carbocycles. The molecule has 0 spiro atoms. The minimum Gasteiger partial charge on any atom is -0.459 e. The second-order valence-corrected chi connectivity index (χ2v) is 9.24. The van der Waals surface area contributed by atoms with Crippen LogP contribution in [0.25, 0.3) is 0 Å². The highest BCUT2D eigenvalue weighted by molar-refractivity contribution is 7.16. The van der Waals surface area contributed by atoms with Crippen molar-refractivity contribution in [2.24, 2.45) is 0 Å². The molecule has 0 radical (unpaired) electrons. The van der Waals surface area contributed by atoms with Gasteiger partial charge in [0.25, 0.3) is 5.91 Å². The van der Waals surface area contributed by atoms with Gasteiger partial charge in [0.2, 0.25) is 0 Å². The molecule has 3 heterocycles. The lowest BCUT2D eigenvalue weighted by Gasteiger charge is -2.36. The lowest BCUT2D eigenvalue weighted by Crippen LogP contribution is -2.40. The Kier molecular flexibility index (Phi) is 6.51. The highest BCUT2D eigenvalue weighted by atomic mass is 35.5. The Morgan fingerprint density at radius 2 is 1.97 bits per heavy atom. The van der Waals surface area contributed by atoms with Crippen LogP contribution in [-0.2, 0) is 4.74 Å². The summed E-state index contributed by atoms with van der Waals surface area (Å²) in [5.74, 6) is 0.00235. The van der Waals surface area contributed by atoms with Crippen molar-refractivity contribution in [3.63, 3.8) is 0 Å². The molecule has 2 aromatic heterocycles. The molecule has 5 nitrogen and oxygen atoms in total. The Bertz CT molecular complexity index is 1040. The van der Waals surface area contributed by atoms with Crippen molar-refractivity contribution >= 4 is 45.4 Å². The molecular formula is C22H22Cl2N2O3S. The molecule has 1 amide bonds. The van der Waals surface area contributed by atoms with Crippen LogP contribution in [-0.4, -0.2) is 37.1 Å². The molecule has 0 bridgehead atoms. The van der Waals surface area contributed by atoms with E-state index in [1.807, 2.05) is 12.1 Å². The fraction of sp³-hybridized carbons (Fsp3) is 0.318. The van der Waals surface area contributed by atoms with Gasteiger partial charge in [-0.3, -0.25) is 9.69 Å². The summed E-state index contributed by atoms with van der Waals surface area (Å²) in [6, 6.07) is 8.81. The fourth-order valence-electron chi connectivity index (χ4n) is 3.73. The number of anilines is 1. The zero-order valence-electron chi connectivity index (χ0n) is 16.7. The second-order valence-electron chi connectivity index (χ2n) is 7.17. The van der Waals surface area contributed by atoms with Crippen molar-refractivity contribution in [3.05, 3.63) is 74.0 Å². The monoisotopic (exact) mass is 464 g/mol. The Hall–Kier alpha value is -1.83. The Labute approximate surface area is 189 Å². The molecule has 1 N–H and O–H groups in total. The molecule has 1 fully saturated rings. The number of thiophene rings is 1. The van der Waals surface area contributed by atoms with Gasteiger partial charge in [0.05, 0.1) is 25.5 Å². The number of hydrogen-bond donors (Lipinski definition) is 1. The fourth-order valence-corrected chi connectivity index (χ4v) is 5.33. The van der Waals surface area contributed by atoms with Crippen molar-refractivity contribution < 1.29 is 13.9 Å². The molecule has 1 saturated heterocycles. The summed E-state index contributed by atoms with van der Waals surface area (Å²) in [7, 11) is 0. The molecule has 1 aliphatic heterocycles. The molecule has 8 heteroatoms. The minimum absolute atomic E-state index is 0.129. The zero-order valence-corrected chi connectivity index (χ0v) is 19.0. The highest BCUT2D eigenvalue weighted by Gasteiger charge is 2.32. The molecule has 1 unspecified atom stereocenters. The van der Waals surface area contributed by atoms with Crippen LogP contribution in [0.1, 0.15) is 38.2 Å². The van der Waals surface area contributed by atoms with E-state index in [9.17, 15) is 4.79 Å². The van der Waals surface area contributed by atoms with Crippen LogP contribution in [0.4, 0.5) is 5.00 Å². The van der Waals surface area contributed by atoms with Crippen LogP contribution >= 0.6 is 34.5 Å². The molecule has 3 aromatic rings. The zero-order chi connectivity index (χ0) is 21.3. The quantitative estimate of drug-likeness (QED) is 0.507. The standard InChI is InChI=1S/C22H22Cl2N2O3S/c1-13-14(2)30-22(25-21(27)18-4-3-9-29-18)19(13)20(26-7-10-28-11-8-26)16-6-5-15(23)12-17(16)24/h3-6,9,12,20H,7-8,10-11H2,1-2H3,(H,25,27). The number of aryl methyl sites for hydroxylation is 1. The van der Waals surface area contributed by atoms with E-state index in [0.717, 1.165) is 39.7 Å². The maximum atomic E-state index is 12.7. The number of morpholine rings is 1. The van der Waals surface area contributed by atoms with Gasteiger partial charge in [-0.25, -0.2) is 0 Å². The van der Waals surface area contributed by atoms with Gasteiger partial charge >= 0.3 is 0 Å². The SMILES string of the molecule is Cc1sc(NC(=O)c2ccco2)c(C(c2ccc(Cl)cc2Cl)N2CCOCC2)c1C. The van der Waals surface area contributed by atoms with E-state index in [0.29, 0.717) is 23.3 Å². The van der Waals surface area contributed by atoms with Gasteiger partial charge in [-0.2, -0.15) is 0 Å². The first-order chi connectivity index (χ1) is 14.5. The number of nitrogens with one attached hydrogen (secondary N) is 1. The summed E-state index contributed by atoms with van der Waals surface area (Å²) >= 11 is 14.4. The van der Waals surface area contributed by atoms with E-state index in [2.05, 4.69) is 24.1 Å². The minimum atomic E-state index is -0.273. The van der Waals surface area contributed by atoms with Gasteiger partial charge in [0, 0.05) is 33.6 Å². The molecule has 1 aromatic carbocycles. The van der Waals surface area contributed by atoms with Crippen molar-refractivity contribution in [1.29, 1.82) is 0 Å². The van der Waals surface area contributed by atoms with Gasteiger partial charge in [0.1, 0.15) is 5.00 Å². The second kappa shape index (κ2) is 9.12. The van der Waals surface area contributed by atoms with Crippen LogP contribution in [0.3, 0.4) is 0 Å². The predicted molar refractivity (Wildman–Crippen MR) is 121 cm³/mol. The molecule has 1 atom stereocenters. The average molecular weight is 465 g/mol. The summed E-state index contributed by atoms with van der Waals surface area (Å²) in [4.78, 5) is 16.2. The number of benzene rings is 1. The molecule has 1 aliphatic rings. The molecular weight excluding hydrogens is 443 g/mol. The first kappa shape index (κ1) is 21.4. The summed E-state index contributed by atoms with van der Waals surface area (Å²) in [5.41, 5.74) is 3.14. The largest absolute Gasteiger partial charge is 0.459 e. The van der Waals surface area contributed by atoms with Gasteiger partial charge in [-0.1, -0.05) is 29.3 Å². The summed E-state index contributed by atoms with van der Waals surface area (Å²) in [6.45, 7) is 6.98. The van der Waals surface area contributed by atoms with Crippen LogP contribution in [0.15, 0.2) is 41.0 Å². The topological polar surface area (TPSA) is 54.7 Å². The molecule has 4 rings (SSSR count). The van der Waals surface area contributed by atoms with Gasteiger partial charge in [-0.15, -0.1) is 11.3 Å². The number of furan rings is 1. The molecule has 0 aliphatic carbocycles. The van der Waals surface area contributed by atoms with Gasteiger partial charge in [-0.05, 0) is 49.2 Å². The number of hydrogen-bond acceptors (Lipinski definition) is 5. The van der Waals surface area contributed by atoms with Crippen molar-refractivity contribution in [1.82, 2.24) is 4.90 Å². The van der Waals surface area contributed by atoms with Crippen LogP contribution in [0.5, 0.6) is 0 Å². The van der Waals surface area contributed by atoms with Crippen molar-refractivity contribution in [2.45, 2.75) is 19.9 Å². The first-order valence-corrected chi connectivity index (χ1v) is 11.2. The number of amides is 1. The third-order valence-corrected chi connectivity index (χ3v) is 7.05. The normalized spacial score (nSPS) is 15.9. The average Bonchev–Trinajstić information content (AvgIpc) is 3.35. The van der Waals surface area contributed by atoms with Crippen LogP contribution < -0.4 is 5.32 Å². The number of ether oxygens (including phenoxy) is 1. The summed E-state index contributed by atoms with van der Waals surface area (Å²) < 4.78 is 10.8. The Morgan fingerprint density at radius 1 is 1.20 bits per heavy atom. The maximum absolute atomic E-state index is 12.7. The number of nitrogens with zero attached hydrogens (tertiary/aromatic N) is 1. The lowest BCUT2D eigenvalue weighted by molar-refractivity contribution is 0.0240. The maximum Gasteiger partial charge on any atom is 0.291 e. The summed E-state index contributed by atoms with van der Waals surface area (Å²) in [5, 5.41) is 5.05. The molecule has 30 heavy (non-hydrogen) atoms. The Morgan fingerprint density at radius 3 is 2.63 bits per heavy atom. The van der Waals surface area contributed by atoms with E-state index >= 15 is 0 Å². The Balaban J connectivity index is 1.81. The molecule has 158 valence electrons. The van der Waals surface area contributed by atoms with E-state index in [-0.39, 0.29) is 17.7 Å². The van der Waals surface area contributed by atoms with Gasteiger partial charge in [0.15, 0.2) is 5.76 Å². The van der Waals surface area contributed by atoms with Gasteiger partial charge < -0.3 is 14.5 Å². The van der Waals surface area contributed by atoms with Crippen molar-refractivity contribution in [2.75, 3.05) is 31.6 Å². The van der Waals surface area contributed by atoms with E-state index in [1.54, 1.807) is 29.5 Å². The van der Waals surface area contributed by atoms with Crippen LogP contribution in [0.2, 0.25) is 10.0 Å². The third-order valence-electron chi connectivity index (χ3n) is 5.35. The van der Waals surface area contributed by atoms with E-state index < -0.39 is 0 Å². The number of halogens is 2. The van der Waals surface area contributed by atoms with E-state index in [4.69, 9.17) is 32.4 Å². The first-order valence-electron chi connectivity index (χ1n) is 9.67. The number of carbonyl (C=O) groups is 1. The highest BCUT2D eigenvalue weighted by Crippen LogP contribution is 2.44. The smallest absolute Gasteiger partial charge is 0.291 e. The predicted octanol–water partition coefficient (Wildman–Crippen LogP) is 5.94. The third kappa shape index (κ3) is 4.29.